The van der Waals surface area contributed by atoms with E-state index in [1.807, 2.05) is 38.1 Å². The van der Waals surface area contributed by atoms with Crippen LogP contribution in [0, 0.1) is 0 Å². The molecule has 0 atom stereocenters. The van der Waals surface area contributed by atoms with E-state index in [-0.39, 0.29) is 5.54 Å². The predicted octanol–water partition coefficient (Wildman–Crippen LogP) is 2.90. The van der Waals surface area contributed by atoms with Crippen molar-refractivity contribution < 1.29 is 0 Å². The minimum atomic E-state index is -0.211. The molecular weight excluding hydrogens is 248 g/mol. The molecule has 0 saturated heterocycles. The first-order valence-corrected chi connectivity index (χ1v) is 6.70. The van der Waals surface area contributed by atoms with Crippen molar-refractivity contribution in [3.8, 4) is 11.5 Å². The number of benzene rings is 1. The monoisotopic (exact) mass is 266 g/mol. The van der Waals surface area contributed by atoms with E-state index in [1.165, 1.54) is 5.56 Å². The molecule has 0 bridgehead atoms. The number of hydrogen-bond donors (Lipinski definition) is 2. The summed E-state index contributed by atoms with van der Waals surface area (Å²) in [5.74, 6) is 0.796. The van der Waals surface area contributed by atoms with Gasteiger partial charge in [-0.2, -0.15) is 0 Å². The van der Waals surface area contributed by atoms with Crippen LogP contribution in [0.1, 0.15) is 19.4 Å². The molecule has 0 saturated carbocycles. The van der Waals surface area contributed by atoms with E-state index in [0.29, 0.717) is 0 Å². The Labute approximate surface area is 118 Å². The van der Waals surface area contributed by atoms with Crippen molar-refractivity contribution in [1.29, 1.82) is 0 Å². The van der Waals surface area contributed by atoms with Crippen LogP contribution >= 0.6 is 0 Å². The average molecular weight is 266 g/mol. The van der Waals surface area contributed by atoms with Crippen molar-refractivity contribution in [3.05, 3.63) is 48.2 Å². The van der Waals surface area contributed by atoms with Crippen molar-refractivity contribution in [3.63, 3.8) is 0 Å². The Morgan fingerprint density at radius 3 is 2.75 bits per heavy atom. The Hall–Kier alpha value is -2.20. The molecule has 0 aliphatic carbocycles. The number of nitrogens with one attached hydrogen (secondary N) is 1. The molecule has 0 spiro atoms. The number of rotatable bonds is 3. The van der Waals surface area contributed by atoms with E-state index in [0.717, 1.165) is 29.0 Å². The van der Waals surface area contributed by atoms with Gasteiger partial charge in [0.1, 0.15) is 5.69 Å². The summed E-state index contributed by atoms with van der Waals surface area (Å²) in [7, 11) is 0. The Morgan fingerprint density at radius 1 is 1.20 bits per heavy atom. The van der Waals surface area contributed by atoms with Crippen LogP contribution < -0.4 is 5.73 Å². The van der Waals surface area contributed by atoms with Crippen LogP contribution in [0.15, 0.2) is 42.6 Å². The summed E-state index contributed by atoms with van der Waals surface area (Å²) < 4.78 is 0. The van der Waals surface area contributed by atoms with Gasteiger partial charge in [0, 0.05) is 11.7 Å². The minimum Gasteiger partial charge on any atom is -0.337 e. The van der Waals surface area contributed by atoms with Crippen molar-refractivity contribution in [2.24, 2.45) is 5.73 Å². The molecule has 0 aliphatic heterocycles. The van der Waals surface area contributed by atoms with Gasteiger partial charge in [0.05, 0.1) is 11.0 Å². The number of H-pyrrole nitrogens is 1. The van der Waals surface area contributed by atoms with E-state index < -0.39 is 0 Å². The molecule has 3 N–H and O–H groups in total. The number of imidazole rings is 1. The molecule has 3 rings (SSSR count). The summed E-state index contributed by atoms with van der Waals surface area (Å²) in [5, 5.41) is 0. The molecule has 4 heteroatoms. The third-order valence-corrected chi connectivity index (χ3v) is 3.11. The fourth-order valence-electron chi connectivity index (χ4n) is 2.32. The lowest BCUT2D eigenvalue weighted by atomic mass is 9.96. The fourth-order valence-corrected chi connectivity index (χ4v) is 2.32. The lowest BCUT2D eigenvalue weighted by Gasteiger charge is -2.18. The van der Waals surface area contributed by atoms with Crippen molar-refractivity contribution in [2.45, 2.75) is 25.8 Å². The zero-order valence-corrected chi connectivity index (χ0v) is 11.7. The van der Waals surface area contributed by atoms with Gasteiger partial charge in [-0.25, -0.2) is 4.98 Å². The molecule has 2 aromatic heterocycles. The molecule has 0 fully saturated rings. The summed E-state index contributed by atoms with van der Waals surface area (Å²) in [6, 6.07) is 12.0. The Bertz CT molecular complexity index is 723. The second-order valence-electron chi connectivity index (χ2n) is 5.82. The average Bonchev–Trinajstić information content (AvgIpc) is 2.81. The molecule has 1 aromatic carbocycles. The first kappa shape index (κ1) is 12.8. The normalized spacial score (nSPS) is 11.9. The van der Waals surface area contributed by atoms with Crippen LogP contribution in [0.5, 0.6) is 0 Å². The van der Waals surface area contributed by atoms with Gasteiger partial charge in [-0.05, 0) is 50.1 Å². The second-order valence-corrected chi connectivity index (χ2v) is 5.82. The summed E-state index contributed by atoms with van der Waals surface area (Å²) in [6.07, 6.45) is 2.60. The van der Waals surface area contributed by atoms with Gasteiger partial charge in [0.2, 0.25) is 0 Å². The van der Waals surface area contributed by atoms with Gasteiger partial charge >= 0.3 is 0 Å². The zero-order chi connectivity index (χ0) is 14.2. The maximum absolute atomic E-state index is 6.07. The molecule has 0 radical (unpaired) electrons. The number of aromatic amines is 1. The van der Waals surface area contributed by atoms with Crippen molar-refractivity contribution in [2.75, 3.05) is 0 Å². The maximum Gasteiger partial charge on any atom is 0.157 e. The molecule has 2 heterocycles. The van der Waals surface area contributed by atoms with Gasteiger partial charge in [-0.3, -0.25) is 4.98 Å². The quantitative estimate of drug-likeness (QED) is 0.766. The largest absolute Gasteiger partial charge is 0.337 e. The van der Waals surface area contributed by atoms with Crippen LogP contribution in [0.4, 0.5) is 0 Å². The molecule has 0 amide bonds. The van der Waals surface area contributed by atoms with E-state index in [4.69, 9.17) is 5.73 Å². The lowest BCUT2D eigenvalue weighted by Crippen LogP contribution is -2.34. The molecule has 0 unspecified atom stereocenters. The fraction of sp³-hybridized carbons (Fsp3) is 0.250. The lowest BCUT2D eigenvalue weighted by molar-refractivity contribution is 0.517. The molecule has 0 aliphatic rings. The second kappa shape index (κ2) is 4.72. The number of pyridine rings is 1. The molecule has 4 nitrogen and oxygen atoms in total. The SMILES string of the molecule is CC(C)(N)Cc1ccc2nc(-c3ccccn3)[nH]c2c1. The first-order chi connectivity index (χ1) is 9.51. The van der Waals surface area contributed by atoms with Crippen LogP contribution in [-0.4, -0.2) is 20.5 Å². The van der Waals surface area contributed by atoms with Crippen molar-refractivity contribution >= 4 is 11.0 Å². The number of fused-ring (bicyclic) bond motifs is 1. The van der Waals surface area contributed by atoms with Gasteiger partial charge in [-0.15, -0.1) is 0 Å². The van der Waals surface area contributed by atoms with Crippen LogP contribution in [0.25, 0.3) is 22.6 Å². The van der Waals surface area contributed by atoms with Crippen LogP contribution in [0.2, 0.25) is 0 Å². The first-order valence-electron chi connectivity index (χ1n) is 6.70. The highest BCUT2D eigenvalue weighted by Gasteiger charge is 2.13. The highest BCUT2D eigenvalue weighted by molar-refractivity contribution is 5.79. The summed E-state index contributed by atoms with van der Waals surface area (Å²) in [6.45, 7) is 4.06. The van der Waals surface area contributed by atoms with E-state index >= 15 is 0 Å². The van der Waals surface area contributed by atoms with E-state index in [1.54, 1.807) is 6.20 Å². The van der Waals surface area contributed by atoms with E-state index in [9.17, 15) is 0 Å². The minimum absolute atomic E-state index is 0.211. The highest BCUT2D eigenvalue weighted by atomic mass is 14.9. The van der Waals surface area contributed by atoms with Gasteiger partial charge in [0.25, 0.3) is 0 Å². The highest BCUT2D eigenvalue weighted by Crippen LogP contribution is 2.21. The molecule has 102 valence electrons. The Balaban J connectivity index is 2.00. The summed E-state index contributed by atoms with van der Waals surface area (Å²) >= 11 is 0. The third-order valence-electron chi connectivity index (χ3n) is 3.11. The number of nitrogens with zero attached hydrogens (tertiary/aromatic N) is 2. The standard InChI is InChI=1S/C16H18N4/c1-16(2,17)10-11-6-7-12-14(9-11)20-15(19-12)13-5-3-4-8-18-13/h3-9H,10,17H2,1-2H3,(H,19,20). The van der Waals surface area contributed by atoms with E-state index in [2.05, 4.69) is 27.1 Å². The van der Waals surface area contributed by atoms with Crippen LogP contribution in [0.3, 0.4) is 0 Å². The zero-order valence-electron chi connectivity index (χ0n) is 11.7. The third kappa shape index (κ3) is 2.70. The summed E-state index contributed by atoms with van der Waals surface area (Å²) in [5.41, 5.74) is 9.89. The van der Waals surface area contributed by atoms with Crippen molar-refractivity contribution in [1.82, 2.24) is 15.0 Å². The maximum atomic E-state index is 6.07. The number of nitrogens with two attached hydrogens (primary N) is 1. The van der Waals surface area contributed by atoms with Gasteiger partial charge in [0.15, 0.2) is 5.82 Å². The molecule has 3 aromatic rings. The summed E-state index contributed by atoms with van der Waals surface area (Å²) in [4.78, 5) is 12.2. The number of hydrogen-bond acceptors (Lipinski definition) is 3. The Kier molecular flexibility index (Phi) is 3.03. The predicted molar refractivity (Wildman–Crippen MR) is 81.3 cm³/mol. The molecule has 20 heavy (non-hydrogen) atoms. The Morgan fingerprint density at radius 2 is 2.05 bits per heavy atom. The smallest absolute Gasteiger partial charge is 0.157 e. The van der Waals surface area contributed by atoms with Crippen LogP contribution in [-0.2, 0) is 6.42 Å². The topological polar surface area (TPSA) is 67.6 Å². The molecular formula is C16H18N4. The van der Waals surface area contributed by atoms with Gasteiger partial charge < -0.3 is 10.7 Å². The van der Waals surface area contributed by atoms with Gasteiger partial charge in [-0.1, -0.05) is 12.1 Å². The number of aromatic nitrogens is 3.